The first kappa shape index (κ1) is 17.4. The van der Waals surface area contributed by atoms with E-state index in [1.54, 1.807) is 0 Å². The molecule has 1 aromatic carbocycles. The van der Waals surface area contributed by atoms with Gasteiger partial charge in [-0.1, -0.05) is 6.42 Å². The van der Waals surface area contributed by atoms with Crippen LogP contribution in [0.4, 0.5) is 0 Å². The van der Waals surface area contributed by atoms with Crippen LogP contribution in [0.25, 0.3) is 0 Å². The summed E-state index contributed by atoms with van der Waals surface area (Å²) in [6.07, 6.45) is 9.27. The normalized spacial score (nSPS) is 27.6. The van der Waals surface area contributed by atoms with Crippen LogP contribution >= 0.6 is 0 Å². The van der Waals surface area contributed by atoms with Crippen LogP contribution < -0.4 is 14.8 Å². The summed E-state index contributed by atoms with van der Waals surface area (Å²) in [5.74, 6) is 2.36. The molecule has 5 rings (SSSR count). The molecule has 3 heterocycles. The molecule has 1 aliphatic carbocycles. The van der Waals surface area contributed by atoms with Gasteiger partial charge >= 0.3 is 0 Å². The number of fused-ring (bicyclic) bond motifs is 1. The van der Waals surface area contributed by atoms with E-state index in [2.05, 4.69) is 22.3 Å². The van der Waals surface area contributed by atoms with Crippen LogP contribution in [0.3, 0.4) is 0 Å². The molecular weight excluding hydrogens is 340 g/mol. The van der Waals surface area contributed by atoms with Gasteiger partial charge in [0, 0.05) is 38.0 Å². The number of likely N-dealkylation sites (tertiary alicyclic amines) is 1. The van der Waals surface area contributed by atoms with Gasteiger partial charge in [-0.25, -0.2) is 0 Å². The highest BCUT2D eigenvalue weighted by atomic mass is 16.5. The van der Waals surface area contributed by atoms with E-state index >= 15 is 0 Å². The average Bonchev–Trinajstić information content (AvgIpc) is 3.06. The molecule has 1 amide bonds. The first-order valence-electron chi connectivity index (χ1n) is 10.6. The van der Waals surface area contributed by atoms with Crippen molar-refractivity contribution in [2.75, 3.05) is 26.2 Å². The lowest BCUT2D eigenvalue weighted by molar-refractivity contribution is -0.119. The predicted octanol–water partition coefficient (Wildman–Crippen LogP) is 2.91. The van der Waals surface area contributed by atoms with Crippen LogP contribution in [0.1, 0.15) is 50.5 Å². The minimum atomic E-state index is 0.0471. The number of rotatable bonds is 4. The van der Waals surface area contributed by atoms with Crippen molar-refractivity contribution >= 4 is 5.91 Å². The van der Waals surface area contributed by atoms with Crippen molar-refractivity contribution in [2.45, 2.75) is 63.0 Å². The number of aryl methyl sites for hydroxylation is 1. The molecule has 1 atom stereocenters. The summed E-state index contributed by atoms with van der Waals surface area (Å²) in [5, 5.41) is 2.86. The number of nitrogens with one attached hydrogen (secondary N) is 1. The van der Waals surface area contributed by atoms with E-state index in [4.69, 9.17) is 9.47 Å². The van der Waals surface area contributed by atoms with E-state index in [9.17, 15) is 4.79 Å². The Morgan fingerprint density at radius 2 is 2.07 bits per heavy atom. The predicted molar refractivity (Wildman–Crippen MR) is 103 cm³/mol. The Morgan fingerprint density at radius 3 is 2.78 bits per heavy atom. The fourth-order valence-electron chi connectivity index (χ4n) is 4.98. The molecule has 1 saturated carbocycles. The summed E-state index contributed by atoms with van der Waals surface area (Å²) >= 11 is 0. The summed E-state index contributed by atoms with van der Waals surface area (Å²) in [6.45, 7) is 3.71. The Labute approximate surface area is 161 Å². The summed E-state index contributed by atoms with van der Waals surface area (Å²) in [7, 11) is 0. The monoisotopic (exact) mass is 370 g/mol. The largest absolute Gasteiger partial charge is 0.493 e. The van der Waals surface area contributed by atoms with Crippen molar-refractivity contribution in [3.8, 4) is 11.5 Å². The molecule has 4 aliphatic rings. The highest BCUT2D eigenvalue weighted by molar-refractivity contribution is 5.78. The van der Waals surface area contributed by atoms with Gasteiger partial charge in [-0.15, -0.1) is 0 Å². The number of carbonyl (C=O) groups excluding carboxylic acids is 1. The second-order valence-corrected chi connectivity index (χ2v) is 8.86. The van der Waals surface area contributed by atoms with Crippen LogP contribution in [0.15, 0.2) is 18.2 Å². The topological polar surface area (TPSA) is 50.8 Å². The number of nitrogens with zero attached hydrogens (tertiary/aromatic N) is 1. The molecule has 5 nitrogen and oxygen atoms in total. The zero-order chi connectivity index (χ0) is 18.3. The standard InChI is InChI=1S/C22H30N2O3/c25-21-12-16(14-23-21)15-26-19-4-5-20-17(13-19)6-7-22(27-20)8-10-24(11-9-22)18-2-1-3-18/h4-5,13,16,18H,1-3,6-12,14-15H2,(H,23,25). The molecule has 0 radical (unpaired) electrons. The minimum absolute atomic E-state index is 0.0471. The number of carbonyl (C=O) groups is 1. The van der Waals surface area contributed by atoms with Crippen molar-refractivity contribution in [1.29, 1.82) is 0 Å². The number of benzene rings is 1. The van der Waals surface area contributed by atoms with Gasteiger partial charge in [-0.3, -0.25) is 4.79 Å². The first-order chi connectivity index (χ1) is 13.2. The number of ether oxygens (including phenoxy) is 2. The Balaban J connectivity index is 1.18. The minimum Gasteiger partial charge on any atom is -0.493 e. The van der Waals surface area contributed by atoms with Crippen molar-refractivity contribution in [3.05, 3.63) is 23.8 Å². The number of piperidine rings is 1. The molecule has 1 unspecified atom stereocenters. The quantitative estimate of drug-likeness (QED) is 0.885. The Hall–Kier alpha value is -1.75. The summed E-state index contributed by atoms with van der Waals surface area (Å²) < 4.78 is 12.5. The van der Waals surface area contributed by atoms with E-state index in [1.807, 2.05) is 6.07 Å². The van der Waals surface area contributed by atoms with Crippen LogP contribution in [0.2, 0.25) is 0 Å². The van der Waals surface area contributed by atoms with Crippen molar-refractivity contribution < 1.29 is 14.3 Å². The fraction of sp³-hybridized carbons (Fsp3) is 0.682. The number of hydrogen-bond donors (Lipinski definition) is 1. The maximum Gasteiger partial charge on any atom is 0.220 e. The third-order valence-electron chi connectivity index (χ3n) is 7.06. The zero-order valence-corrected chi connectivity index (χ0v) is 16.0. The van der Waals surface area contributed by atoms with E-state index in [0.717, 1.165) is 49.8 Å². The molecule has 1 spiro atoms. The highest BCUT2D eigenvalue weighted by Crippen LogP contribution is 2.41. The lowest BCUT2D eigenvalue weighted by Gasteiger charge is -2.48. The van der Waals surface area contributed by atoms with Crippen molar-refractivity contribution in [1.82, 2.24) is 10.2 Å². The molecule has 0 bridgehead atoms. The molecular formula is C22H30N2O3. The van der Waals surface area contributed by atoms with Gasteiger partial charge in [0.05, 0.1) is 6.61 Å². The zero-order valence-electron chi connectivity index (χ0n) is 16.0. The van der Waals surface area contributed by atoms with E-state index in [-0.39, 0.29) is 17.4 Å². The van der Waals surface area contributed by atoms with Crippen LogP contribution in [0, 0.1) is 5.92 Å². The second kappa shape index (κ2) is 7.01. The second-order valence-electron chi connectivity index (χ2n) is 8.86. The van der Waals surface area contributed by atoms with E-state index in [0.29, 0.717) is 13.0 Å². The Bertz CT molecular complexity index is 708. The molecule has 146 valence electrons. The number of amides is 1. The molecule has 5 heteroatoms. The smallest absolute Gasteiger partial charge is 0.220 e. The molecule has 0 aromatic heterocycles. The molecule has 27 heavy (non-hydrogen) atoms. The summed E-state index contributed by atoms with van der Waals surface area (Å²) in [6, 6.07) is 7.09. The van der Waals surface area contributed by atoms with Crippen molar-refractivity contribution in [2.24, 2.45) is 5.92 Å². The van der Waals surface area contributed by atoms with Gasteiger partial charge in [-0.05, 0) is 62.3 Å². The third kappa shape index (κ3) is 3.54. The van der Waals surface area contributed by atoms with E-state index < -0.39 is 0 Å². The molecule has 3 fully saturated rings. The maximum atomic E-state index is 11.3. The Morgan fingerprint density at radius 1 is 1.22 bits per heavy atom. The van der Waals surface area contributed by atoms with E-state index in [1.165, 1.54) is 37.9 Å². The maximum absolute atomic E-state index is 11.3. The average molecular weight is 370 g/mol. The van der Waals surface area contributed by atoms with Gasteiger partial charge < -0.3 is 19.7 Å². The highest BCUT2D eigenvalue weighted by Gasteiger charge is 2.41. The van der Waals surface area contributed by atoms with Crippen LogP contribution in [0.5, 0.6) is 11.5 Å². The lowest BCUT2D eigenvalue weighted by Crippen LogP contribution is -2.53. The lowest BCUT2D eigenvalue weighted by atomic mass is 9.81. The van der Waals surface area contributed by atoms with Crippen molar-refractivity contribution in [3.63, 3.8) is 0 Å². The SMILES string of the molecule is O=C1CC(COc2ccc3c(c2)CCC2(CCN(C4CCC4)CC2)O3)CN1. The third-order valence-corrected chi connectivity index (χ3v) is 7.06. The van der Waals surface area contributed by atoms with Gasteiger partial charge in [0.15, 0.2) is 0 Å². The van der Waals surface area contributed by atoms with Gasteiger partial charge in [0.25, 0.3) is 0 Å². The fourth-order valence-corrected chi connectivity index (χ4v) is 4.98. The van der Waals surface area contributed by atoms with Gasteiger partial charge in [0.2, 0.25) is 5.91 Å². The van der Waals surface area contributed by atoms with Gasteiger partial charge in [0.1, 0.15) is 17.1 Å². The molecule has 2 saturated heterocycles. The molecule has 3 aliphatic heterocycles. The van der Waals surface area contributed by atoms with Crippen LogP contribution in [-0.4, -0.2) is 48.7 Å². The summed E-state index contributed by atoms with van der Waals surface area (Å²) in [4.78, 5) is 14.0. The van der Waals surface area contributed by atoms with Gasteiger partial charge in [-0.2, -0.15) is 0 Å². The first-order valence-corrected chi connectivity index (χ1v) is 10.6. The Kier molecular flexibility index (Phi) is 4.50. The van der Waals surface area contributed by atoms with Crippen LogP contribution in [-0.2, 0) is 11.2 Å². The number of hydrogen-bond acceptors (Lipinski definition) is 4. The molecule has 1 aromatic rings. The molecule has 1 N–H and O–H groups in total. The summed E-state index contributed by atoms with van der Waals surface area (Å²) in [5.41, 5.74) is 1.31.